The Morgan fingerprint density at radius 2 is 2.16 bits per heavy atom. The smallest absolute Gasteiger partial charge is 0.243 e. The zero-order valence-electron chi connectivity index (χ0n) is 11.9. The molecule has 0 aromatic heterocycles. The lowest BCUT2D eigenvalue weighted by atomic mass is 9.83. The summed E-state index contributed by atoms with van der Waals surface area (Å²) in [5.74, 6) is 0.169. The number of hydrogen-bond acceptors (Lipinski definition) is 2. The second-order valence-corrected chi connectivity index (χ2v) is 6.07. The minimum atomic E-state index is -0.670. The van der Waals surface area contributed by atoms with Gasteiger partial charge in [-0.3, -0.25) is 4.79 Å². The highest BCUT2D eigenvalue weighted by Gasteiger charge is 2.35. The Bertz CT molecular complexity index is 436. The van der Waals surface area contributed by atoms with Crippen LogP contribution in [0, 0.1) is 5.92 Å². The van der Waals surface area contributed by atoms with E-state index in [4.69, 9.17) is 5.73 Å². The number of carbonyl (C=O) groups excluding carboxylic acids is 1. The monoisotopic (exact) mass is 326 g/mol. The molecule has 0 aliphatic rings. The molecule has 0 radical (unpaired) electrons. The third-order valence-corrected chi connectivity index (χ3v) is 4.17. The normalized spacial score (nSPS) is 15.6. The summed E-state index contributed by atoms with van der Waals surface area (Å²) in [5, 5.41) is 3.34. The van der Waals surface area contributed by atoms with Crippen molar-refractivity contribution in [3.63, 3.8) is 0 Å². The number of hydrogen-bond donors (Lipinski definition) is 2. The van der Waals surface area contributed by atoms with Crippen molar-refractivity contribution in [1.82, 2.24) is 0 Å². The largest absolute Gasteiger partial charge is 0.371 e. The summed E-state index contributed by atoms with van der Waals surface area (Å²) in [6, 6.07) is 7.81. The van der Waals surface area contributed by atoms with Gasteiger partial charge < -0.3 is 11.1 Å². The number of primary amides is 1. The molecule has 1 aromatic carbocycles. The Morgan fingerprint density at radius 3 is 2.63 bits per heavy atom. The number of anilines is 1. The average molecular weight is 327 g/mol. The van der Waals surface area contributed by atoms with Crippen molar-refractivity contribution in [3.8, 4) is 0 Å². The lowest BCUT2D eigenvalue weighted by Crippen LogP contribution is -2.51. The molecule has 4 heteroatoms. The lowest BCUT2D eigenvalue weighted by molar-refractivity contribution is -0.123. The van der Waals surface area contributed by atoms with Crippen LogP contribution < -0.4 is 11.1 Å². The molecule has 3 nitrogen and oxygen atoms in total. The van der Waals surface area contributed by atoms with E-state index < -0.39 is 5.54 Å². The predicted molar refractivity (Wildman–Crippen MR) is 84.1 cm³/mol. The van der Waals surface area contributed by atoms with Crippen molar-refractivity contribution in [2.24, 2.45) is 11.7 Å². The summed E-state index contributed by atoms with van der Waals surface area (Å²) < 4.78 is 0.982. The predicted octanol–water partition coefficient (Wildman–Crippen LogP) is 3.93. The maximum Gasteiger partial charge on any atom is 0.243 e. The highest BCUT2D eigenvalue weighted by molar-refractivity contribution is 9.10. The van der Waals surface area contributed by atoms with E-state index in [1.807, 2.05) is 31.2 Å². The first-order chi connectivity index (χ1) is 8.93. The van der Waals surface area contributed by atoms with Crippen LogP contribution in [0.2, 0.25) is 0 Å². The molecule has 0 saturated heterocycles. The number of rotatable bonds is 7. The van der Waals surface area contributed by atoms with E-state index in [0.717, 1.165) is 23.0 Å². The van der Waals surface area contributed by atoms with Gasteiger partial charge in [0.25, 0.3) is 0 Å². The molecule has 0 fully saturated rings. The van der Waals surface area contributed by atoms with E-state index in [0.29, 0.717) is 12.3 Å². The molecule has 106 valence electrons. The van der Waals surface area contributed by atoms with Gasteiger partial charge in [0.05, 0.1) is 0 Å². The van der Waals surface area contributed by atoms with Crippen molar-refractivity contribution < 1.29 is 4.79 Å². The van der Waals surface area contributed by atoms with E-state index >= 15 is 0 Å². The van der Waals surface area contributed by atoms with Crippen molar-refractivity contribution >= 4 is 27.5 Å². The zero-order valence-corrected chi connectivity index (χ0v) is 13.5. The molecule has 0 saturated carbocycles. The fourth-order valence-electron chi connectivity index (χ4n) is 2.20. The fourth-order valence-corrected chi connectivity index (χ4v) is 2.60. The molecule has 1 rings (SSSR count). The number of carbonyl (C=O) groups is 1. The second kappa shape index (κ2) is 6.94. The first-order valence-corrected chi connectivity index (χ1v) is 7.56. The average Bonchev–Trinajstić information content (AvgIpc) is 2.37. The van der Waals surface area contributed by atoms with Gasteiger partial charge in [0.15, 0.2) is 0 Å². The molecule has 0 aliphatic heterocycles. The highest BCUT2D eigenvalue weighted by Crippen LogP contribution is 2.28. The van der Waals surface area contributed by atoms with Gasteiger partial charge in [0.2, 0.25) is 5.91 Å². The third kappa shape index (κ3) is 4.23. The van der Waals surface area contributed by atoms with Crippen LogP contribution in [0.15, 0.2) is 28.7 Å². The summed E-state index contributed by atoms with van der Waals surface area (Å²) in [6.07, 6.45) is 2.47. The van der Waals surface area contributed by atoms with Crippen molar-refractivity contribution in [2.45, 2.75) is 45.6 Å². The van der Waals surface area contributed by atoms with Gasteiger partial charge in [0.1, 0.15) is 5.54 Å². The molecule has 19 heavy (non-hydrogen) atoms. The number of nitrogens with one attached hydrogen (secondary N) is 1. The van der Waals surface area contributed by atoms with Crippen LogP contribution in [0.4, 0.5) is 5.69 Å². The van der Waals surface area contributed by atoms with Crippen LogP contribution in [0.5, 0.6) is 0 Å². The van der Waals surface area contributed by atoms with Crippen LogP contribution >= 0.6 is 15.9 Å². The minimum Gasteiger partial charge on any atom is -0.371 e. The van der Waals surface area contributed by atoms with E-state index in [1.54, 1.807) is 0 Å². The summed E-state index contributed by atoms with van der Waals surface area (Å²) in [6.45, 7) is 6.28. The molecule has 3 N–H and O–H groups in total. The first-order valence-electron chi connectivity index (χ1n) is 6.77. The van der Waals surface area contributed by atoms with Gasteiger partial charge in [-0.05, 0) is 37.0 Å². The summed E-state index contributed by atoms with van der Waals surface area (Å²) in [7, 11) is 0. The molecule has 1 amide bonds. The highest BCUT2D eigenvalue weighted by atomic mass is 79.9. The Kier molecular flexibility index (Phi) is 5.85. The minimum absolute atomic E-state index is 0.282. The zero-order chi connectivity index (χ0) is 14.5. The molecule has 1 aromatic rings. The first kappa shape index (κ1) is 16.0. The van der Waals surface area contributed by atoms with Gasteiger partial charge in [0, 0.05) is 10.2 Å². The fraction of sp³-hybridized carbons (Fsp3) is 0.533. The Hall–Kier alpha value is -1.03. The molecule has 0 heterocycles. The Balaban J connectivity index is 3.00. The van der Waals surface area contributed by atoms with E-state index in [2.05, 4.69) is 35.1 Å². The topological polar surface area (TPSA) is 55.1 Å². The molecule has 2 unspecified atom stereocenters. The molecular formula is C15H23BrN2O. The van der Waals surface area contributed by atoms with Crippen LogP contribution in [0.3, 0.4) is 0 Å². The lowest BCUT2D eigenvalue weighted by Gasteiger charge is -2.34. The van der Waals surface area contributed by atoms with Crippen molar-refractivity contribution in [3.05, 3.63) is 28.7 Å². The van der Waals surface area contributed by atoms with Gasteiger partial charge in [-0.15, -0.1) is 0 Å². The molecule has 2 atom stereocenters. The third-order valence-electron chi connectivity index (χ3n) is 3.68. The molecule has 0 bridgehead atoms. The van der Waals surface area contributed by atoms with Crippen LogP contribution in [-0.2, 0) is 4.79 Å². The standard InChI is InChI=1S/C15H23BrN2O/c1-4-11(3)10-15(5-2,14(17)19)18-13-8-6-7-12(16)9-13/h6-9,11,18H,4-5,10H2,1-3H3,(H2,17,19). The quantitative estimate of drug-likeness (QED) is 0.797. The molecule has 0 spiro atoms. The number of amides is 1. The SMILES string of the molecule is CCC(C)CC(CC)(Nc1cccc(Br)c1)C(N)=O. The van der Waals surface area contributed by atoms with Crippen LogP contribution in [0.25, 0.3) is 0 Å². The Morgan fingerprint density at radius 1 is 1.47 bits per heavy atom. The van der Waals surface area contributed by atoms with Gasteiger partial charge in [-0.2, -0.15) is 0 Å². The van der Waals surface area contributed by atoms with Gasteiger partial charge >= 0.3 is 0 Å². The number of nitrogens with two attached hydrogens (primary N) is 1. The van der Waals surface area contributed by atoms with Gasteiger partial charge in [-0.1, -0.05) is 49.2 Å². The van der Waals surface area contributed by atoms with Crippen molar-refractivity contribution in [2.75, 3.05) is 5.32 Å². The molecule has 0 aliphatic carbocycles. The summed E-state index contributed by atoms with van der Waals surface area (Å²) in [4.78, 5) is 11.9. The maximum atomic E-state index is 11.9. The summed E-state index contributed by atoms with van der Waals surface area (Å²) >= 11 is 3.44. The van der Waals surface area contributed by atoms with E-state index in [-0.39, 0.29) is 5.91 Å². The van der Waals surface area contributed by atoms with E-state index in [9.17, 15) is 4.79 Å². The van der Waals surface area contributed by atoms with Gasteiger partial charge in [-0.25, -0.2) is 0 Å². The maximum absolute atomic E-state index is 11.9. The Labute approximate surface area is 124 Å². The molecular weight excluding hydrogens is 304 g/mol. The van der Waals surface area contributed by atoms with Crippen LogP contribution in [0.1, 0.15) is 40.0 Å². The number of benzene rings is 1. The van der Waals surface area contributed by atoms with E-state index in [1.165, 1.54) is 0 Å². The van der Waals surface area contributed by atoms with Crippen LogP contribution in [-0.4, -0.2) is 11.4 Å². The van der Waals surface area contributed by atoms with Crippen molar-refractivity contribution in [1.29, 1.82) is 0 Å². The second-order valence-electron chi connectivity index (χ2n) is 5.15. The summed E-state index contributed by atoms with van der Waals surface area (Å²) in [5.41, 5.74) is 5.90. The number of halogens is 1.